The molecular weight excluding hydrogens is 248 g/mol. The van der Waals surface area contributed by atoms with E-state index in [-0.39, 0.29) is 12.2 Å². The molecule has 3 unspecified atom stereocenters. The highest BCUT2D eigenvalue weighted by atomic mass is 16.2. The van der Waals surface area contributed by atoms with Crippen molar-refractivity contribution in [2.24, 2.45) is 11.8 Å². The van der Waals surface area contributed by atoms with Gasteiger partial charge in [-0.1, -0.05) is 40.0 Å². The summed E-state index contributed by atoms with van der Waals surface area (Å²) in [6, 6.07) is 0.445. The lowest BCUT2D eigenvalue weighted by Crippen LogP contribution is -2.47. The second-order valence-electron chi connectivity index (χ2n) is 7.16. The van der Waals surface area contributed by atoms with Crippen LogP contribution in [-0.4, -0.2) is 29.1 Å². The second-order valence-corrected chi connectivity index (χ2v) is 7.16. The van der Waals surface area contributed by atoms with Crippen LogP contribution in [0.4, 0.5) is 0 Å². The zero-order valence-electron chi connectivity index (χ0n) is 13.7. The van der Waals surface area contributed by atoms with Gasteiger partial charge in [0.1, 0.15) is 0 Å². The second kappa shape index (κ2) is 6.93. The van der Waals surface area contributed by atoms with Crippen molar-refractivity contribution in [1.82, 2.24) is 10.2 Å². The average molecular weight is 280 g/mol. The smallest absolute Gasteiger partial charge is 0.241 e. The van der Waals surface area contributed by atoms with Gasteiger partial charge in [0.25, 0.3) is 0 Å². The van der Waals surface area contributed by atoms with E-state index in [0.29, 0.717) is 23.8 Å². The molecule has 0 spiro atoms. The Morgan fingerprint density at radius 2 is 1.85 bits per heavy atom. The third kappa shape index (κ3) is 3.36. The molecule has 0 aromatic rings. The van der Waals surface area contributed by atoms with Crippen molar-refractivity contribution in [1.29, 1.82) is 0 Å². The summed E-state index contributed by atoms with van der Waals surface area (Å²) in [6.45, 7) is 8.88. The molecular formula is C17H32N2O. The normalized spacial score (nSPS) is 30.2. The SMILES string of the molecule is CCC1NC(CC(C)C)N(C(C)C2CCCCC2)C1=O. The Balaban J connectivity index is 2.09. The Labute approximate surface area is 124 Å². The van der Waals surface area contributed by atoms with Crippen LogP contribution in [0.5, 0.6) is 0 Å². The van der Waals surface area contributed by atoms with Crippen molar-refractivity contribution in [2.75, 3.05) is 0 Å². The summed E-state index contributed by atoms with van der Waals surface area (Å²) in [7, 11) is 0. The first-order valence-corrected chi connectivity index (χ1v) is 8.62. The summed E-state index contributed by atoms with van der Waals surface area (Å²) in [5, 5.41) is 3.57. The van der Waals surface area contributed by atoms with E-state index in [2.05, 4.69) is 37.9 Å². The van der Waals surface area contributed by atoms with Gasteiger partial charge in [-0.3, -0.25) is 10.1 Å². The number of rotatable bonds is 5. The fourth-order valence-electron chi connectivity index (χ4n) is 3.97. The molecule has 1 saturated carbocycles. The topological polar surface area (TPSA) is 32.3 Å². The van der Waals surface area contributed by atoms with E-state index in [0.717, 1.165) is 12.8 Å². The van der Waals surface area contributed by atoms with Crippen LogP contribution in [0.3, 0.4) is 0 Å². The van der Waals surface area contributed by atoms with E-state index in [1.807, 2.05) is 0 Å². The lowest BCUT2D eigenvalue weighted by molar-refractivity contribution is -0.133. The minimum absolute atomic E-state index is 0.0461. The summed E-state index contributed by atoms with van der Waals surface area (Å²) >= 11 is 0. The van der Waals surface area contributed by atoms with Crippen LogP contribution < -0.4 is 5.32 Å². The van der Waals surface area contributed by atoms with Gasteiger partial charge in [-0.25, -0.2) is 0 Å². The minimum atomic E-state index is 0.0461. The van der Waals surface area contributed by atoms with Gasteiger partial charge in [0.05, 0.1) is 12.2 Å². The molecule has 0 radical (unpaired) electrons. The molecule has 2 rings (SSSR count). The lowest BCUT2D eigenvalue weighted by Gasteiger charge is -2.38. The van der Waals surface area contributed by atoms with Crippen LogP contribution in [0.15, 0.2) is 0 Å². The van der Waals surface area contributed by atoms with E-state index in [9.17, 15) is 4.79 Å². The standard InChI is InChI=1S/C17H32N2O/c1-5-15-17(20)19(16(18-15)11-12(2)3)13(4)14-9-7-6-8-10-14/h12-16,18H,5-11H2,1-4H3. The number of nitrogens with zero attached hydrogens (tertiary/aromatic N) is 1. The van der Waals surface area contributed by atoms with E-state index in [1.54, 1.807) is 0 Å². The largest absolute Gasteiger partial charge is 0.323 e. The highest BCUT2D eigenvalue weighted by Crippen LogP contribution is 2.32. The molecule has 1 N–H and O–H groups in total. The maximum absolute atomic E-state index is 12.7. The summed E-state index contributed by atoms with van der Waals surface area (Å²) in [6.07, 6.45) is 8.90. The zero-order chi connectivity index (χ0) is 14.7. The Bertz CT molecular complexity index is 323. The van der Waals surface area contributed by atoms with E-state index >= 15 is 0 Å². The molecule has 116 valence electrons. The minimum Gasteiger partial charge on any atom is -0.323 e. The fraction of sp³-hybridized carbons (Fsp3) is 0.941. The molecule has 1 aliphatic heterocycles. The van der Waals surface area contributed by atoms with Gasteiger partial charge < -0.3 is 4.90 Å². The molecule has 0 bridgehead atoms. The Morgan fingerprint density at radius 1 is 1.20 bits per heavy atom. The number of nitrogens with one attached hydrogen (secondary N) is 1. The van der Waals surface area contributed by atoms with Crippen LogP contribution in [-0.2, 0) is 4.79 Å². The van der Waals surface area contributed by atoms with Gasteiger partial charge in [-0.05, 0) is 44.4 Å². The van der Waals surface area contributed by atoms with Gasteiger partial charge >= 0.3 is 0 Å². The predicted molar refractivity (Wildman–Crippen MR) is 83.3 cm³/mol. The number of carbonyl (C=O) groups is 1. The lowest BCUT2D eigenvalue weighted by atomic mass is 9.83. The van der Waals surface area contributed by atoms with Crippen LogP contribution in [0.2, 0.25) is 0 Å². The molecule has 1 aliphatic carbocycles. The summed E-state index contributed by atoms with van der Waals surface area (Å²) in [4.78, 5) is 14.9. The summed E-state index contributed by atoms with van der Waals surface area (Å²) in [5.41, 5.74) is 0. The van der Waals surface area contributed by atoms with E-state index in [4.69, 9.17) is 0 Å². The first-order valence-electron chi connectivity index (χ1n) is 8.62. The van der Waals surface area contributed by atoms with E-state index in [1.165, 1.54) is 32.1 Å². The molecule has 1 saturated heterocycles. The third-order valence-corrected chi connectivity index (χ3v) is 5.16. The predicted octanol–water partition coefficient (Wildman–Crippen LogP) is 3.54. The van der Waals surface area contributed by atoms with Gasteiger partial charge in [-0.2, -0.15) is 0 Å². The van der Waals surface area contributed by atoms with Crippen LogP contribution >= 0.6 is 0 Å². The zero-order valence-corrected chi connectivity index (χ0v) is 13.7. The Morgan fingerprint density at radius 3 is 2.40 bits per heavy atom. The number of hydrogen-bond donors (Lipinski definition) is 1. The van der Waals surface area contributed by atoms with Crippen molar-refractivity contribution in [3.05, 3.63) is 0 Å². The molecule has 20 heavy (non-hydrogen) atoms. The molecule has 3 nitrogen and oxygen atoms in total. The fourth-order valence-corrected chi connectivity index (χ4v) is 3.97. The monoisotopic (exact) mass is 280 g/mol. The van der Waals surface area contributed by atoms with Crippen molar-refractivity contribution in [3.63, 3.8) is 0 Å². The molecule has 2 aliphatic rings. The molecule has 2 fully saturated rings. The van der Waals surface area contributed by atoms with Gasteiger partial charge in [0.2, 0.25) is 5.91 Å². The number of hydrogen-bond acceptors (Lipinski definition) is 2. The highest BCUT2D eigenvalue weighted by molar-refractivity contribution is 5.84. The molecule has 0 aromatic carbocycles. The van der Waals surface area contributed by atoms with Crippen molar-refractivity contribution < 1.29 is 4.79 Å². The first-order chi connectivity index (χ1) is 9.54. The van der Waals surface area contributed by atoms with Crippen molar-refractivity contribution in [2.45, 2.75) is 90.9 Å². The maximum Gasteiger partial charge on any atom is 0.241 e. The summed E-state index contributed by atoms with van der Waals surface area (Å²) in [5.74, 6) is 1.67. The van der Waals surface area contributed by atoms with Crippen LogP contribution in [0.1, 0.15) is 72.6 Å². The summed E-state index contributed by atoms with van der Waals surface area (Å²) < 4.78 is 0. The van der Waals surface area contributed by atoms with E-state index < -0.39 is 0 Å². The molecule has 1 heterocycles. The number of amides is 1. The number of carbonyl (C=O) groups excluding carboxylic acids is 1. The van der Waals surface area contributed by atoms with Crippen molar-refractivity contribution in [3.8, 4) is 0 Å². The third-order valence-electron chi connectivity index (χ3n) is 5.16. The average Bonchev–Trinajstić information content (AvgIpc) is 2.74. The Kier molecular flexibility index (Phi) is 5.48. The quantitative estimate of drug-likeness (QED) is 0.835. The molecule has 1 amide bonds. The van der Waals surface area contributed by atoms with Gasteiger partial charge in [-0.15, -0.1) is 0 Å². The highest BCUT2D eigenvalue weighted by Gasteiger charge is 2.42. The molecule has 0 aromatic heterocycles. The van der Waals surface area contributed by atoms with Crippen LogP contribution in [0, 0.1) is 11.8 Å². The maximum atomic E-state index is 12.7. The van der Waals surface area contributed by atoms with Crippen molar-refractivity contribution >= 4 is 5.91 Å². The first kappa shape index (κ1) is 15.8. The van der Waals surface area contributed by atoms with Gasteiger partial charge in [0.15, 0.2) is 0 Å². The molecule has 3 heteroatoms. The van der Waals surface area contributed by atoms with Gasteiger partial charge in [0, 0.05) is 6.04 Å². The Hall–Kier alpha value is -0.570. The molecule has 3 atom stereocenters. The van der Waals surface area contributed by atoms with Crippen LogP contribution in [0.25, 0.3) is 0 Å².